The van der Waals surface area contributed by atoms with Gasteiger partial charge >= 0.3 is 0 Å². The number of anilines is 1. The van der Waals surface area contributed by atoms with Crippen molar-refractivity contribution in [3.8, 4) is 0 Å². The van der Waals surface area contributed by atoms with Crippen molar-refractivity contribution in [1.29, 1.82) is 0 Å². The average molecular weight is 344 g/mol. The van der Waals surface area contributed by atoms with Gasteiger partial charge in [-0.2, -0.15) is 0 Å². The van der Waals surface area contributed by atoms with E-state index in [4.69, 9.17) is 0 Å². The molecule has 2 aromatic carbocycles. The van der Waals surface area contributed by atoms with Crippen LogP contribution in [0.2, 0.25) is 0 Å². The molecule has 0 heterocycles. The molecule has 0 bridgehead atoms. The highest BCUT2D eigenvalue weighted by Crippen LogP contribution is 2.26. The van der Waals surface area contributed by atoms with Crippen molar-refractivity contribution < 1.29 is 31.6 Å². The molecule has 24 heavy (non-hydrogen) atoms. The summed E-state index contributed by atoms with van der Waals surface area (Å²) in [5.41, 5.74) is -0.787. The Morgan fingerprint density at radius 2 is 1.50 bits per heavy atom. The Kier molecular flexibility index (Phi) is 5.46. The number of nitrogens with one attached hydrogen (secondary N) is 1. The van der Waals surface area contributed by atoms with Gasteiger partial charge in [-0.3, -0.25) is 4.79 Å². The van der Waals surface area contributed by atoms with Gasteiger partial charge in [0.2, 0.25) is 5.82 Å². The first kappa shape index (κ1) is 17.4. The summed E-state index contributed by atoms with van der Waals surface area (Å²) in [5.74, 6) is -12.1. The zero-order valence-electron chi connectivity index (χ0n) is 11.8. The molecule has 0 saturated carbocycles. The van der Waals surface area contributed by atoms with Crippen LogP contribution in [0.25, 0.3) is 0 Å². The Bertz CT molecular complexity index is 752. The molecule has 0 unspecified atom stereocenters. The maximum absolute atomic E-state index is 13.4. The summed E-state index contributed by atoms with van der Waals surface area (Å²) in [6.45, 7) is -0.789. The van der Waals surface area contributed by atoms with Gasteiger partial charge in [-0.1, -0.05) is 35.5 Å². The zero-order valence-corrected chi connectivity index (χ0v) is 11.8. The summed E-state index contributed by atoms with van der Waals surface area (Å²) < 4.78 is 65.6. The van der Waals surface area contributed by atoms with Crippen LogP contribution in [-0.2, 0) is 9.63 Å². The van der Waals surface area contributed by atoms with E-state index in [9.17, 15) is 26.7 Å². The molecule has 9 heteroatoms. The zero-order chi connectivity index (χ0) is 17.7. The molecule has 0 fully saturated rings. The van der Waals surface area contributed by atoms with Crippen molar-refractivity contribution in [2.24, 2.45) is 5.16 Å². The van der Waals surface area contributed by atoms with Gasteiger partial charge in [-0.15, -0.1) is 0 Å². The van der Waals surface area contributed by atoms with Crippen molar-refractivity contribution in [2.45, 2.75) is 0 Å². The molecule has 0 radical (unpaired) electrons. The molecule has 4 nitrogen and oxygen atoms in total. The van der Waals surface area contributed by atoms with Crippen molar-refractivity contribution in [3.05, 3.63) is 65.0 Å². The van der Waals surface area contributed by atoms with Gasteiger partial charge in [0, 0.05) is 0 Å². The molecule has 1 amide bonds. The lowest BCUT2D eigenvalue weighted by molar-refractivity contribution is -0.120. The lowest BCUT2D eigenvalue weighted by atomic mass is 10.2. The SMILES string of the molecule is O=C(CO/N=C\c1ccccc1)Nc1c(F)c(F)c(F)c(F)c1F. The number of benzene rings is 2. The predicted molar refractivity (Wildman–Crippen MR) is 74.8 cm³/mol. The van der Waals surface area contributed by atoms with Gasteiger partial charge in [-0.05, 0) is 5.56 Å². The van der Waals surface area contributed by atoms with Crippen LogP contribution in [0, 0.1) is 29.1 Å². The van der Waals surface area contributed by atoms with Crippen molar-refractivity contribution in [3.63, 3.8) is 0 Å². The smallest absolute Gasteiger partial charge is 0.265 e. The third kappa shape index (κ3) is 3.86. The maximum atomic E-state index is 13.4. The monoisotopic (exact) mass is 344 g/mol. The minimum Gasteiger partial charge on any atom is -0.386 e. The van der Waals surface area contributed by atoms with E-state index in [-0.39, 0.29) is 0 Å². The largest absolute Gasteiger partial charge is 0.386 e. The number of rotatable bonds is 5. The summed E-state index contributed by atoms with van der Waals surface area (Å²) >= 11 is 0. The summed E-state index contributed by atoms with van der Waals surface area (Å²) in [5, 5.41) is 4.99. The van der Waals surface area contributed by atoms with E-state index in [1.54, 1.807) is 35.6 Å². The Morgan fingerprint density at radius 1 is 0.958 bits per heavy atom. The van der Waals surface area contributed by atoms with E-state index in [1.807, 2.05) is 0 Å². The van der Waals surface area contributed by atoms with Crippen LogP contribution in [0.3, 0.4) is 0 Å². The molecule has 2 aromatic rings. The Hall–Kier alpha value is -2.97. The molecule has 1 N–H and O–H groups in total. The lowest BCUT2D eigenvalue weighted by Gasteiger charge is -2.09. The topological polar surface area (TPSA) is 50.7 Å². The molecule has 0 atom stereocenters. The summed E-state index contributed by atoms with van der Waals surface area (Å²) in [7, 11) is 0. The Morgan fingerprint density at radius 3 is 2.08 bits per heavy atom. The number of nitrogens with zero attached hydrogens (tertiary/aromatic N) is 1. The third-order valence-electron chi connectivity index (χ3n) is 2.75. The van der Waals surface area contributed by atoms with Gasteiger partial charge < -0.3 is 10.2 Å². The first-order valence-electron chi connectivity index (χ1n) is 6.43. The minimum absolute atomic E-state index is 0.665. The fourth-order valence-electron chi connectivity index (χ4n) is 1.62. The number of hydrogen-bond donors (Lipinski definition) is 1. The fraction of sp³-hybridized carbons (Fsp3) is 0.0667. The quantitative estimate of drug-likeness (QED) is 0.297. The molecular formula is C15H9F5N2O2. The standard InChI is InChI=1S/C15H9F5N2O2/c16-10-11(17)13(19)15(14(20)12(10)18)22-9(23)7-24-21-6-8-4-2-1-3-5-8/h1-6H,7H2,(H,22,23)/b21-6-. The van der Waals surface area contributed by atoms with Crippen molar-refractivity contribution in [1.82, 2.24) is 0 Å². The van der Waals surface area contributed by atoms with Crippen LogP contribution in [0.5, 0.6) is 0 Å². The molecule has 0 aliphatic carbocycles. The lowest BCUT2D eigenvalue weighted by Crippen LogP contribution is -2.20. The minimum atomic E-state index is -2.31. The van der Waals surface area contributed by atoms with E-state index in [2.05, 4.69) is 9.99 Å². The second-order valence-corrected chi connectivity index (χ2v) is 4.41. The Balaban J connectivity index is 1.99. The third-order valence-corrected chi connectivity index (χ3v) is 2.75. The van der Waals surface area contributed by atoms with Crippen LogP contribution in [0.1, 0.15) is 5.56 Å². The molecule has 2 rings (SSSR count). The van der Waals surface area contributed by atoms with Crippen LogP contribution in [0.4, 0.5) is 27.6 Å². The summed E-state index contributed by atoms with van der Waals surface area (Å²) in [6, 6.07) is 8.63. The highest BCUT2D eigenvalue weighted by Gasteiger charge is 2.26. The molecule has 0 aromatic heterocycles. The first-order valence-corrected chi connectivity index (χ1v) is 6.43. The Labute approximate surface area is 132 Å². The van der Waals surface area contributed by atoms with Crippen molar-refractivity contribution in [2.75, 3.05) is 11.9 Å². The van der Waals surface area contributed by atoms with E-state index in [1.165, 1.54) is 6.21 Å². The second-order valence-electron chi connectivity index (χ2n) is 4.41. The molecule has 0 spiro atoms. The first-order chi connectivity index (χ1) is 11.4. The highest BCUT2D eigenvalue weighted by molar-refractivity contribution is 5.92. The molecule has 126 valence electrons. The van der Waals surface area contributed by atoms with E-state index in [0.717, 1.165) is 0 Å². The number of hydrogen-bond acceptors (Lipinski definition) is 3. The van der Waals surface area contributed by atoms with Gasteiger partial charge in [0.1, 0.15) is 5.69 Å². The van der Waals surface area contributed by atoms with Gasteiger partial charge in [-0.25, -0.2) is 22.0 Å². The number of oxime groups is 1. The number of carbonyl (C=O) groups is 1. The number of amides is 1. The normalized spacial score (nSPS) is 10.9. The predicted octanol–water partition coefficient (Wildman–Crippen LogP) is 3.37. The molecule has 0 saturated heterocycles. The highest BCUT2D eigenvalue weighted by atomic mass is 19.2. The average Bonchev–Trinajstić information content (AvgIpc) is 2.60. The van der Waals surface area contributed by atoms with Gasteiger partial charge in [0.15, 0.2) is 29.9 Å². The van der Waals surface area contributed by atoms with Gasteiger partial charge in [0.05, 0.1) is 6.21 Å². The summed E-state index contributed by atoms with van der Waals surface area (Å²) in [6.07, 6.45) is 1.27. The van der Waals surface area contributed by atoms with E-state index in [0.29, 0.717) is 5.56 Å². The van der Waals surface area contributed by atoms with Crippen LogP contribution >= 0.6 is 0 Å². The summed E-state index contributed by atoms with van der Waals surface area (Å²) in [4.78, 5) is 16.0. The van der Waals surface area contributed by atoms with Crippen LogP contribution < -0.4 is 5.32 Å². The second kappa shape index (κ2) is 7.53. The van der Waals surface area contributed by atoms with E-state index >= 15 is 0 Å². The van der Waals surface area contributed by atoms with Crippen molar-refractivity contribution >= 4 is 17.8 Å². The molecular weight excluding hydrogens is 335 g/mol. The number of halogens is 5. The van der Waals surface area contributed by atoms with Crippen LogP contribution in [0.15, 0.2) is 35.5 Å². The maximum Gasteiger partial charge on any atom is 0.265 e. The number of carbonyl (C=O) groups excluding carboxylic acids is 1. The fourth-order valence-corrected chi connectivity index (χ4v) is 1.62. The van der Waals surface area contributed by atoms with Gasteiger partial charge in [0.25, 0.3) is 5.91 Å². The van der Waals surface area contributed by atoms with E-state index < -0.39 is 47.3 Å². The van der Waals surface area contributed by atoms with Crippen LogP contribution in [-0.4, -0.2) is 18.7 Å². The molecule has 0 aliphatic heterocycles. The molecule has 0 aliphatic rings.